The Kier molecular flexibility index (Phi) is 4.47. The molecule has 1 saturated heterocycles. The minimum atomic E-state index is 0.0906. The molecule has 1 fully saturated rings. The van der Waals surface area contributed by atoms with Gasteiger partial charge in [0.05, 0.1) is 12.5 Å². The molecule has 2 aromatic heterocycles. The van der Waals surface area contributed by atoms with Gasteiger partial charge in [0, 0.05) is 28.5 Å². The fourth-order valence-electron chi connectivity index (χ4n) is 3.83. The van der Waals surface area contributed by atoms with Crippen molar-refractivity contribution in [3.05, 3.63) is 51.8 Å². The van der Waals surface area contributed by atoms with Crippen molar-refractivity contribution < 1.29 is 4.79 Å². The number of benzene rings is 1. The lowest BCUT2D eigenvalue weighted by atomic mass is 10.0. The number of amides is 1. The van der Waals surface area contributed by atoms with E-state index in [4.69, 9.17) is 17.3 Å². The van der Waals surface area contributed by atoms with Crippen LogP contribution in [0.3, 0.4) is 0 Å². The van der Waals surface area contributed by atoms with Gasteiger partial charge in [-0.3, -0.25) is 4.79 Å². The van der Waals surface area contributed by atoms with Crippen molar-refractivity contribution >= 4 is 29.2 Å². The Hall–Kier alpha value is -2.67. The van der Waals surface area contributed by atoms with E-state index in [1.54, 1.807) is 4.52 Å². The number of anilines is 1. The van der Waals surface area contributed by atoms with Crippen LogP contribution in [-0.4, -0.2) is 36.9 Å². The maximum atomic E-state index is 13.1. The lowest BCUT2D eigenvalue weighted by molar-refractivity contribution is -0.131. The van der Waals surface area contributed by atoms with E-state index in [1.807, 2.05) is 43.0 Å². The first kappa shape index (κ1) is 17.7. The Morgan fingerprint density at radius 2 is 2.00 bits per heavy atom. The van der Waals surface area contributed by atoms with Gasteiger partial charge in [-0.25, -0.2) is 4.98 Å². The molecule has 140 valence electrons. The van der Waals surface area contributed by atoms with Crippen molar-refractivity contribution in [3.63, 3.8) is 0 Å². The van der Waals surface area contributed by atoms with Crippen molar-refractivity contribution in [3.8, 4) is 0 Å². The standard InChI is InChI=1S/C19H21ClN6O/c1-11-15(12(2)26-19(22-11)23-18(21)24-26)10-17(27)25-9-3-4-16(25)13-5-7-14(20)8-6-13/h5-8,16H,3-4,9-10H2,1-2H3,(H2,21,24). The molecular weight excluding hydrogens is 364 g/mol. The second-order valence-electron chi connectivity index (χ2n) is 6.92. The number of nitrogens with two attached hydrogens (primary N) is 1. The van der Waals surface area contributed by atoms with E-state index in [9.17, 15) is 4.79 Å². The van der Waals surface area contributed by atoms with Crippen molar-refractivity contribution in [1.82, 2.24) is 24.5 Å². The number of nitrogens with zero attached hydrogens (tertiary/aromatic N) is 5. The minimum Gasteiger partial charge on any atom is -0.366 e. The summed E-state index contributed by atoms with van der Waals surface area (Å²) in [5, 5.41) is 4.87. The van der Waals surface area contributed by atoms with Gasteiger partial charge in [-0.1, -0.05) is 23.7 Å². The monoisotopic (exact) mass is 384 g/mol. The number of nitrogen functional groups attached to an aromatic ring is 1. The third-order valence-electron chi connectivity index (χ3n) is 5.22. The maximum Gasteiger partial charge on any atom is 0.254 e. The highest BCUT2D eigenvalue weighted by Gasteiger charge is 2.30. The second kappa shape index (κ2) is 6.81. The van der Waals surface area contributed by atoms with Gasteiger partial charge < -0.3 is 10.6 Å². The Labute approximate surface area is 162 Å². The van der Waals surface area contributed by atoms with E-state index >= 15 is 0 Å². The molecular formula is C19H21ClN6O. The number of likely N-dealkylation sites (tertiary alicyclic amines) is 1. The summed E-state index contributed by atoms with van der Waals surface area (Å²) in [4.78, 5) is 23.6. The zero-order valence-corrected chi connectivity index (χ0v) is 16.1. The second-order valence-corrected chi connectivity index (χ2v) is 7.35. The summed E-state index contributed by atoms with van der Waals surface area (Å²) >= 11 is 6.00. The molecule has 4 rings (SSSR count). The first-order chi connectivity index (χ1) is 12.9. The number of aromatic nitrogens is 4. The summed E-state index contributed by atoms with van der Waals surface area (Å²) < 4.78 is 1.60. The van der Waals surface area contributed by atoms with Gasteiger partial charge in [-0.15, -0.1) is 5.10 Å². The summed E-state index contributed by atoms with van der Waals surface area (Å²) in [7, 11) is 0. The first-order valence-electron chi connectivity index (χ1n) is 8.97. The van der Waals surface area contributed by atoms with E-state index in [2.05, 4.69) is 15.1 Å². The summed E-state index contributed by atoms with van der Waals surface area (Å²) in [5.41, 5.74) is 9.31. The highest BCUT2D eigenvalue weighted by molar-refractivity contribution is 6.30. The van der Waals surface area contributed by atoms with Crippen molar-refractivity contribution in [2.75, 3.05) is 12.3 Å². The molecule has 8 heteroatoms. The summed E-state index contributed by atoms with van der Waals surface area (Å²) in [6, 6.07) is 7.84. The fraction of sp³-hybridized carbons (Fsp3) is 0.368. The van der Waals surface area contributed by atoms with Crippen LogP contribution >= 0.6 is 11.6 Å². The molecule has 2 N–H and O–H groups in total. The van der Waals surface area contributed by atoms with Gasteiger partial charge in [0.15, 0.2) is 0 Å². The molecule has 0 radical (unpaired) electrons. The Morgan fingerprint density at radius 1 is 1.26 bits per heavy atom. The summed E-state index contributed by atoms with van der Waals surface area (Å²) in [6.07, 6.45) is 2.24. The van der Waals surface area contributed by atoms with Gasteiger partial charge in [0.25, 0.3) is 5.78 Å². The number of rotatable bonds is 3. The molecule has 1 atom stereocenters. The highest BCUT2D eigenvalue weighted by atomic mass is 35.5. The fourth-order valence-corrected chi connectivity index (χ4v) is 3.96. The van der Waals surface area contributed by atoms with Crippen LogP contribution in [0.5, 0.6) is 0 Å². The van der Waals surface area contributed by atoms with Gasteiger partial charge in [0.1, 0.15) is 0 Å². The molecule has 0 bridgehead atoms. The molecule has 3 aromatic rings. The lowest BCUT2D eigenvalue weighted by Crippen LogP contribution is -2.32. The number of fused-ring (bicyclic) bond motifs is 1. The van der Waals surface area contributed by atoms with Crippen LogP contribution in [0.15, 0.2) is 24.3 Å². The number of hydrogen-bond acceptors (Lipinski definition) is 5. The normalized spacial score (nSPS) is 17.0. The topological polar surface area (TPSA) is 89.4 Å². The van der Waals surface area contributed by atoms with Crippen molar-refractivity contribution in [2.24, 2.45) is 0 Å². The van der Waals surface area contributed by atoms with Crippen LogP contribution < -0.4 is 5.73 Å². The van der Waals surface area contributed by atoms with E-state index in [1.165, 1.54) is 0 Å². The van der Waals surface area contributed by atoms with Crippen molar-refractivity contribution in [1.29, 1.82) is 0 Å². The molecule has 27 heavy (non-hydrogen) atoms. The van der Waals surface area contributed by atoms with Gasteiger partial charge >= 0.3 is 0 Å². The maximum absolute atomic E-state index is 13.1. The Balaban J connectivity index is 1.61. The molecule has 1 aliphatic rings. The molecule has 1 amide bonds. The van der Waals surface area contributed by atoms with Crippen LogP contribution in [0, 0.1) is 13.8 Å². The van der Waals surface area contributed by atoms with Gasteiger partial charge in [-0.05, 0) is 44.4 Å². The van der Waals surface area contributed by atoms with Crippen molar-refractivity contribution in [2.45, 2.75) is 39.2 Å². The van der Waals surface area contributed by atoms with Gasteiger partial charge in [-0.2, -0.15) is 9.50 Å². The molecule has 0 aliphatic carbocycles. The van der Waals surface area contributed by atoms with Crippen LogP contribution in [0.4, 0.5) is 5.95 Å². The molecule has 0 spiro atoms. The van der Waals surface area contributed by atoms with E-state index in [0.29, 0.717) is 10.8 Å². The van der Waals surface area contributed by atoms with E-state index in [-0.39, 0.29) is 24.3 Å². The third-order valence-corrected chi connectivity index (χ3v) is 5.47. The first-order valence-corrected chi connectivity index (χ1v) is 9.35. The largest absolute Gasteiger partial charge is 0.366 e. The summed E-state index contributed by atoms with van der Waals surface area (Å²) in [5.74, 6) is 0.725. The smallest absolute Gasteiger partial charge is 0.254 e. The number of carbonyl (C=O) groups excluding carboxylic acids is 1. The average molecular weight is 385 g/mol. The zero-order valence-electron chi connectivity index (χ0n) is 15.3. The predicted molar refractivity (Wildman–Crippen MR) is 104 cm³/mol. The zero-order chi connectivity index (χ0) is 19.1. The van der Waals surface area contributed by atoms with Crippen LogP contribution in [-0.2, 0) is 11.2 Å². The average Bonchev–Trinajstić information content (AvgIpc) is 3.25. The Bertz CT molecular complexity index is 1010. The molecule has 0 saturated carbocycles. The quantitative estimate of drug-likeness (QED) is 0.749. The highest BCUT2D eigenvalue weighted by Crippen LogP contribution is 2.33. The predicted octanol–water partition coefficient (Wildman–Crippen LogP) is 2.88. The Morgan fingerprint density at radius 3 is 2.74 bits per heavy atom. The van der Waals surface area contributed by atoms with Crippen LogP contribution in [0.2, 0.25) is 5.02 Å². The lowest BCUT2D eigenvalue weighted by Gasteiger charge is -2.26. The number of halogens is 1. The summed E-state index contributed by atoms with van der Waals surface area (Å²) in [6.45, 7) is 4.57. The molecule has 3 heterocycles. The molecule has 1 aromatic carbocycles. The molecule has 7 nitrogen and oxygen atoms in total. The number of aryl methyl sites for hydroxylation is 2. The van der Waals surface area contributed by atoms with Crippen LogP contribution in [0.1, 0.15) is 41.4 Å². The number of carbonyl (C=O) groups is 1. The molecule has 1 unspecified atom stereocenters. The van der Waals surface area contributed by atoms with E-state index < -0.39 is 0 Å². The third kappa shape index (κ3) is 3.23. The SMILES string of the molecule is Cc1nc2nc(N)nn2c(C)c1CC(=O)N1CCCC1c1ccc(Cl)cc1. The minimum absolute atomic E-state index is 0.0906. The molecule has 1 aliphatic heterocycles. The van der Waals surface area contributed by atoms with Crippen LogP contribution in [0.25, 0.3) is 5.78 Å². The number of hydrogen-bond donors (Lipinski definition) is 1. The van der Waals surface area contributed by atoms with Gasteiger partial charge in [0.2, 0.25) is 11.9 Å². The van der Waals surface area contributed by atoms with E-state index in [0.717, 1.165) is 41.9 Å².